The van der Waals surface area contributed by atoms with E-state index in [1.54, 1.807) is 0 Å². The Labute approximate surface area is 130 Å². The normalized spacial score (nSPS) is 35.9. The van der Waals surface area contributed by atoms with E-state index < -0.39 is 0 Å². The minimum absolute atomic E-state index is 0.217. The largest absolute Gasteiger partial charge is 0.392 e. The first-order chi connectivity index (χ1) is 9.85. The third-order valence-corrected chi connectivity index (χ3v) is 6.32. The zero-order valence-corrected chi connectivity index (χ0v) is 14.3. The second-order valence-corrected chi connectivity index (χ2v) is 8.01. The highest BCUT2D eigenvalue weighted by atomic mass is 16.3. The second-order valence-electron chi connectivity index (χ2n) is 8.01. The molecule has 1 fully saturated rings. The first-order valence-electron chi connectivity index (χ1n) is 8.44. The molecule has 2 aliphatic rings. The third kappa shape index (κ3) is 3.04. The van der Waals surface area contributed by atoms with Gasteiger partial charge >= 0.3 is 0 Å². The summed E-state index contributed by atoms with van der Waals surface area (Å²) in [5.41, 5.74) is 3.25. The summed E-state index contributed by atoms with van der Waals surface area (Å²) in [6, 6.07) is 0. The molecule has 0 aromatic rings. The number of hydrogen-bond donors (Lipinski definition) is 1. The second kappa shape index (κ2) is 6.12. The van der Waals surface area contributed by atoms with Gasteiger partial charge in [-0.2, -0.15) is 0 Å². The van der Waals surface area contributed by atoms with Crippen LogP contribution in [0.25, 0.3) is 0 Å². The molecule has 0 aromatic carbocycles. The van der Waals surface area contributed by atoms with Gasteiger partial charge in [0.05, 0.1) is 6.61 Å². The van der Waals surface area contributed by atoms with Crippen molar-refractivity contribution < 1.29 is 5.11 Å². The van der Waals surface area contributed by atoms with Crippen LogP contribution in [0.1, 0.15) is 59.8 Å². The predicted molar refractivity (Wildman–Crippen MR) is 91.1 cm³/mol. The molecular weight excluding hydrogens is 256 g/mol. The van der Waals surface area contributed by atoms with Gasteiger partial charge in [-0.1, -0.05) is 57.6 Å². The minimum atomic E-state index is 0.217. The standard InChI is InChI=1S/C20H32O/c1-6-15(2)8-10-17-16(14-21)9-11-18-19(3,4)12-7-13-20(17,18)5/h6,8-9,17-18,21H,1,7,10-14H2,2-5H3/b15-8+/t17-,18?,20+/m0/s1. The van der Waals surface area contributed by atoms with Crippen molar-refractivity contribution in [3.8, 4) is 0 Å². The van der Waals surface area contributed by atoms with Gasteiger partial charge in [-0.15, -0.1) is 0 Å². The van der Waals surface area contributed by atoms with Gasteiger partial charge in [0, 0.05) is 0 Å². The lowest BCUT2D eigenvalue weighted by Gasteiger charge is -2.57. The van der Waals surface area contributed by atoms with E-state index in [0.717, 1.165) is 18.8 Å². The van der Waals surface area contributed by atoms with Gasteiger partial charge in [0.15, 0.2) is 0 Å². The highest BCUT2D eigenvalue weighted by molar-refractivity contribution is 5.23. The van der Waals surface area contributed by atoms with Crippen LogP contribution < -0.4 is 0 Å². The van der Waals surface area contributed by atoms with E-state index in [1.807, 2.05) is 6.08 Å². The van der Waals surface area contributed by atoms with Crippen molar-refractivity contribution in [3.63, 3.8) is 0 Å². The Kier molecular flexibility index (Phi) is 4.82. The molecule has 1 heteroatoms. The average Bonchev–Trinajstić information content (AvgIpc) is 2.43. The first-order valence-corrected chi connectivity index (χ1v) is 8.44. The van der Waals surface area contributed by atoms with E-state index in [9.17, 15) is 5.11 Å². The quantitative estimate of drug-likeness (QED) is 0.551. The van der Waals surface area contributed by atoms with Crippen molar-refractivity contribution in [2.75, 3.05) is 6.61 Å². The summed E-state index contributed by atoms with van der Waals surface area (Å²) >= 11 is 0. The van der Waals surface area contributed by atoms with Crippen molar-refractivity contribution in [2.24, 2.45) is 22.7 Å². The third-order valence-electron chi connectivity index (χ3n) is 6.32. The molecule has 1 saturated carbocycles. The molecule has 2 aliphatic carbocycles. The van der Waals surface area contributed by atoms with Gasteiger partial charge in [0.1, 0.15) is 0 Å². The SMILES string of the molecule is C=C/C(C)=C/C[C@H]1C(CO)=CCC2C(C)(C)CCC[C@@]21C. The Morgan fingerprint density at radius 2 is 2.10 bits per heavy atom. The van der Waals surface area contributed by atoms with Crippen LogP contribution in [-0.2, 0) is 0 Å². The summed E-state index contributed by atoms with van der Waals surface area (Å²) in [5.74, 6) is 1.22. The lowest BCUT2D eigenvalue weighted by Crippen LogP contribution is -2.48. The zero-order chi connectivity index (χ0) is 15.7. The molecule has 118 valence electrons. The summed E-state index contributed by atoms with van der Waals surface area (Å²) in [6.45, 7) is 13.5. The molecule has 0 spiro atoms. The fourth-order valence-electron chi connectivity index (χ4n) is 4.99. The lowest BCUT2D eigenvalue weighted by molar-refractivity contribution is -0.0390. The van der Waals surface area contributed by atoms with Crippen LogP contribution >= 0.6 is 0 Å². The monoisotopic (exact) mass is 288 g/mol. The van der Waals surface area contributed by atoms with Crippen LogP contribution in [0.3, 0.4) is 0 Å². The van der Waals surface area contributed by atoms with Gasteiger partial charge in [-0.3, -0.25) is 0 Å². The van der Waals surface area contributed by atoms with Crippen LogP contribution in [0.15, 0.2) is 36.0 Å². The van der Waals surface area contributed by atoms with Crippen LogP contribution in [0, 0.1) is 22.7 Å². The predicted octanol–water partition coefficient (Wildman–Crippen LogP) is 5.28. The summed E-state index contributed by atoms with van der Waals surface area (Å²) in [7, 11) is 0. The summed E-state index contributed by atoms with van der Waals surface area (Å²) in [6.07, 6.45) is 12.7. The Hall–Kier alpha value is -0.820. The van der Waals surface area contributed by atoms with Crippen LogP contribution in [-0.4, -0.2) is 11.7 Å². The van der Waals surface area contributed by atoms with Crippen LogP contribution in [0.4, 0.5) is 0 Å². The van der Waals surface area contributed by atoms with Gasteiger partial charge in [-0.05, 0) is 60.8 Å². The zero-order valence-electron chi connectivity index (χ0n) is 14.3. The Bertz CT molecular complexity index is 454. The minimum Gasteiger partial charge on any atom is -0.392 e. The highest BCUT2D eigenvalue weighted by Crippen LogP contribution is 2.60. The smallest absolute Gasteiger partial charge is 0.0644 e. The van der Waals surface area contributed by atoms with E-state index in [0.29, 0.717) is 16.7 Å². The Balaban J connectivity index is 2.35. The maximum atomic E-state index is 9.81. The van der Waals surface area contributed by atoms with Crippen LogP contribution in [0.2, 0.25) is 0 Å². The Morgan fingerprint density at radius 3 is 2.71 bits per heavy atom. The Morgan fingerprint density at radius 1 is 1.38 bits per heavy atom. The molecule has 1 nitrogen and oxygen atoms in total. The molecule has 0 amide bonds. The molecule has 2 rings (SSSR count). The molecule has 1 unspecified atom stereocenters. The van der Waals surface area contributed by atoms with Gasteiger partial charge in [-0.25, -0.2) is 0 Å². The summed E-state index contributed by atoms with van der Waals surface area (Å²) in [5, 5.41) is 9.81. The maximum absolute atomic E-state index is 9.81. The number of fused-ring (bicyclic) bond motifs is 1. The van der Waals surface area contributed by atoms with E-state index in [1.165, 1.54) is 30.4 Å². The molecule has 3 atom stereocenters. The van der Waals surface area contributed by atoms with Crippen molar-refractivity contribution >= 4 is 0 Å². The summed E-state index contributed by atoms with van der Waals surface area (Å²) < 4.78 is 0. The maximum Gasteiger partial charge on any atom is 0.0644 e. The topological polar surface area (TPSA) is 20.2 Å². The molecule has 0 aromatic heterocycles. The molecule has 0 radical (unpaired) electrons. The number of allylic oxidation sites excluding steroid dienone is 4. The van der Waals surface area contributed by atoms with E-state index in [4.69, 9.17) is 0 Å². The fraction of sp³-hybridized carbons (Fsp3) is 0.700. The van der Waals surface area contributed by atoms with E-state index in [2.05, 4.69) is 46.4 Å². The number of rotatable bonds is 4. The van der Waals surface area contributed by atoms with Crippen molar-refractivity contribution in [3.05, 3.63) is 36.0 Å². The molecule has 0 aliphatic heterocycles. The van der Waals surface area contributed by atoms with Crippen molar-refractivity contribution in [2.45, 2.75) is 59.8 Å². The average molecular weight is 288 g/mol. The van der Waals surface area contributed by atoms with E-state index >= 15 is 0 Å². The summed E-state index contributed by atoms with van der Waals surface area (Å²) in [4.78, 5) is 0. The molecule has 0 saturated heterocycles. The highest BCUT2D eigenvalue weighted by Gasteiger charge is 2.51. The fourth-order valence-corrected chi connectivity index (χ4v) is 4.99. The van der Waals surface area contributed by atoms with Gasteiger partial charge < -0.3 is 5.11 Å². The number of aliphatic hydroxyl groups excluding tert-OH is 1. The molecular formula is C20H32O. The van der Waals surface area contributed by atoms with Crippen molar-refractivity contribution in [1.29, 1.82) is 0 Å². The molecule has 0 bridgehead atoms. The molecule has 0 heterocycles. The van der Waals surface area contributed by atoms with Crippen LogP contribution in [0.5, 0.6) is 0 Å². The molecule has 21 heavy (non-hydrogen) atoms. The van der Waals surface area contributed by atoms with Gasteiger partial charge in [0.25, 0.3) is 0 Å². The number of aliphatic hydroxyl groups is 1. The molecule has 1 N–H and O–H groups in total. The van der Waals surface area contributed by atoms with Crippen molar-refractivity contribution in [1.82, 2.24) is 0 Å². The lowest BCUT2D eigenvalue weighted by atomic mass is 9.48. The van der Waals surface area contributed by atoms with E-state index in [-0.39, 0.29) is 6.61 Å². The van der Waals surface area contributed by atoms with Gasteiger partial charge in [0.2, 0.25) is 0 Å². The first kappa shape index (κ1) is 16.5. The number of hydrogen-bond acceptors (Lipinski definition) is 1.